The molecule has 5 atom stereocenters. The molecule has 8 heteroatoms. The Hall–Kier alpha value is -2.22. The summed E-state index contributed by atoms with van der Waals surface area (Å²) < 4.78 is 1.37. The maximum absolute atomic E-state index is 13.0. The Kier molecular flexibility index (Phi) is 5.46. The minimum atomic E-state index is -1.10. The van der Waals surface area contributed by atoms with Crippen molar-refractivity contribution in [1.82, 2.24) is 14.8 Å². The fraction of sp³-hybridized carbons (Fsp3) is 0.545. The smallest absolute Gasteiger partial charge is 0.329 e. The number of hydrogen-bond acceptors (Lipinski definition) is 5. The number of hydrogen-bond donors (Lipinski definition) is 2. The number of pyridine rings is 1. The molecule has 3 aliphatic rings. The minimum absolute atomic E-state index is 0.155. The monoisotopic (exact) mass is 474 g/mol. The van der Waals surface area contributed by atoms with Crippen molar-refractivity contribution in [3.8, 4) is 0 Å². The van der Waals surface area contributed by atoms with Crippen LogP contribution in [0.2, 0.25) is 0 Å². The third-order valence-electron chi connectivity index (χ3n) is 7.40. The molecule has 2 heterocycles. The Labute approximate surface area is 184 Å². The van der Waals surface area contributed by atoms with Crippen LogP contribution >= 0.6 is 15.9 Å². The second-order valence-electron chi connectivity index (χ2n) is 9.24. The van der Waals surface area contributed by atoms with Gasteiger partial charge in [0.1, 0.15) is 4.47 Å². The lowest BCUT2D eigenvalue weighted by Gasteiger charge is -2.62. The summed E-state index contributed by atoms with van der Waals surface area (Å²) in [6.07, 6.45) is 7.27. The van der Waals surface area contributed by atoms with Gasteiger partial charge in [-0.2, -0.15) is 5.10 Å². The van der Waals surface area contributed by atoms with E-state index in [4.69, 9.17) is 0 Å². The summed E-state index contributed by atoms with van der Waals surface area (Å²) in [5, 5.41) is 17.4. The molecule has 2 N–H and O–H groups in total. The third-order valence-corrected chi connectivity index (χ3v) is 8.16. The van der Waals surface area contributed by atoms with Crippen LogP contribution in [0.5, 0.6) is 0 Å². The number of halogens is 1. The van der Waals surface area contributed by atoms with Crippen LogP contribution in [0.25, 0.3) is 0 Å². The van der Waals surface area contributed by atoms with E-state index < -0.39 is 17.6 Å². The number of carboxylic acid groups (broad SMARTS) is 1. The summed E-state index contributed by atoms with van der Waals surface area (Å²) in [7, 11) is 0. The van der Waals surface area contributed by atoms with E-state index in [1.165, 1.54) is 6.42 Å². The molecule has 2 aromatic rings. The van der Waals surface area contributed by atoms with E-state index >= 15 is 0 Å². The molecule has 3 aliphatic carbocycles. The third kappa shape index (κ3) is 3.55. The van der Waals surface area contributed by atoms with Gasteiger partial charge in [0, 0.05) is 24.9 Å². The largest absolute Gasteiger partial charge is 0.480 e. The number of fused-ring (bicyclic) bond motifs is 2. The van der Waals surface area contributed by atoms with Crippen molar-refractivity contribution in [3.63, 3.8) is 0 Å². The lowest BCUT2D eigenvalue weighted by Crippen LogP contribution is -2.58. The van der Waals surface area contributed by atoms with Crippen molar-refractivity contribution in [2.75, 3.05) is 5.32 Å². The summed E-state index contributed by atoms with van der Waals surface area (Å²) in [5.41, 5.74) is 1.34. The van der Waals surface area contributed by atoms with Crippen LogP contribution in [0.15, 0.2) is 40.0 Å². The van der Waals surface area contributed by atoms with Crippen LogP contribution in [-0.4, -0.2) is 31.9 Å². The van der Waals surface area contributed by atoms with Crippen molar-refractivity contribution in [2.24, 2.45) is 23.2 Å². The zero-order valence-electron chi connectivity index (χ0n) is 17.4. The van der Waals surface area contributed by atoms with Gasteiger partial charge in [0.2, 0.25) is 0 Å². The van der Waals surface area contributed by atoms with E-state index in [1.54, 1.807) is 30.7 Å². The highest BCUT2D eigenvalue weighted by atomic mass is 79.9. The van der Waals surface area contributed by atoms with Gasteiger partial charge in [0.25, 0.3) is 5.56 Å². The van der Waals surface area contributed by atoms with Gasteiger partial charge >= 0.3 is 5.97 Å². The second-order valence-corrected chi connectivity index (χ2v) is 10.0. The highest BCUT2D eigenvalue weighted by molar-refractivity contribution is 9.10. The van der Waals surface area contributed by atoms with E-state index in [1.807, 2.05) is 0 Å². The van der Waals surface area contributed by atoms with Crippen molar-refractivity contribution in [1.29, 1.82) is 0 Å². The van der Waals surface area contributed by atoms with Gasteiger partial charge in [0.05, 0.1) is 11.9 Å². The Morgan fingerprint density at radius 1 is 1.37 bits per heavy atom. The van der Waals surface area contributed by atoms with Crippen molar-refractivity contribution >= 4 is 27.6 Å². The molecule has 3 fully saturated rings. The summed E-state index contributed by atoms with van der Waals surface area (Å²) in [6.45, 7) is 6.98. The molecule has 0 spiro atoms. The topological polar surface area (TPSA) is 97.1 Å². The average molecular weight is 475 g/mol. The molecule has 30 heavy (non-hydrogen) atoms. The Morgan fingerprint density at radius 2 is 2.07 bits per heavy atom. The number of aliphatic carboxylic acids is 1. The molecule has 2 aromatic heterocycles. The number of rotatable bonds is 6. The van der Waals surface area contributed by atoms with Crippen molar-refractivity contribution < 1.29 is 9.90 Å². The fourth-order valence-corrected chi connectivity index (χ4v) is 5.73. The van der Waals surface area contributed by atoms with Crippen LogP contribution in [0.1, 0.15) is 45.2 Å². The predicted octanol–water partition coefficient (Wildman–Crippen LogP) is 3.75. The van der Waals surface area contributed by atoms with Gasteiger partial charge < -0.3 is 10.4 Å². The number of anilines is 1. The number of nitrogens with one attached hydrogen (secondary N) is 1. The molecule has 2 bridgehead atoms. The van der Waals surface area contributed by atoms with E-state index in [9.17, 15) is 14.7 Å². The van der Waals surface area contributed by atoms with Crippen LogP contribution in [0.3, 0.4) is 0 Å². The minimum Gasteiger partial charge on any atom is -0.480 e. The van der Waals surface area contributed by atoms with Crippen LogP contribution in [0, 0.1) is 23.2 Å². The quantitative estimate of drug-likeness (QED) is 0.661. The number of carboxylic acids is 1. The van der Waals surface area contributed by atoms with Gasteiger partial charge in [-0.05, 0) is 69.6 Å². The summed E-state index contributed by atoms with van der Waals surface area (Å²) in [6, 6.07) is 2.67. The summed E-state index contributed by atoms with van der Waals surface area (Å²) in [5.74, 6) is 0.771. The molecule has 5 rings (SSSR count). The molecule has 0 radical (unpaired) electrons. The summed E-state index contributed by atoms with van der Waals surface area (Å²) >= 11 is 3.39. The van der Waals surface area contributed by atoms with Gasteiger partial charge in [-0.1, -0.05) is 20.8 Å². The van der Waals surface area contributed by atoms with E-state index in [0.29, 0.717) is 33.3 Å². The Morgan fingerprint density at radius 3 is 2.67 bits per heavy atom. The molecule has 0 saturated heterocycles. The van der Waals surface area contributed by atoms with Crippen molar-refractivity contribution in [3.05, 3.63) is 51.1 Å². The zero-order valence-corrected chi connectivity index (χ0v) is 19.0. The second kappa shape index (κ2) is 7.80. The first kappa shape index (κ1) is 21.0. The number of nitrogens with zero attached hydrogens (tertiary/aromatic N) is 3. The SMILES string of the molecule is C[C@@H]1[C@H]2C[C@@H](C[C@H]1Nc1cnn(C(Cc3ccncc3)C(=O)O)c(=O)c1Br)C2(C)C. The maximum Gasteiger partial charge on any atom is 0.329 e. The predicted molar refractivity (Wildman–Crippen MR) is 117 cm³/mol. The van der Waals surface area contributed by atoms with Gasteiger partial charge in [0.15, 0.2) is 6.04 Å². The molecule has 160 valence electrons. The highest BCUT2D eigenvalue weighted by Crippen LogP contribution is 2.61. The Balaban J connectivity index is 1.56. The lowest BCUT2D eigenvalue weighted by molar-refractivity contribution is -0.141. The number of carbonyl (C=O) groups is 1. The van der Waals surface area contributed by atoms with Gasteiger partial charge in [-0.3, -0.25) is 9.78 Å². The fourth-order valence-electron chi connectivity index (χ4n) is 5.33. The van der Waals surface area contributed by atoms with Crippen molar-refractivity contribution in [2.45, 2.75) is 52.1 Å². The van der Waals surface area contributed by atoms with Gasteiger partial charge in [-0.15, -0.1) is 0 Å². The van der Waals surface area contributed by atoms with Gasteiger partial charge in [-0.25, -0.2) is 9.48 Å². The summed E-state index contributed by atoms with van der Waals surface area (Å²) in [4.78, 5) is 28.8. The number of aromatic nitrogens is 3. The molecule has 0 aliphatic heterocycles. The maximum atomic E-state index is 13.0. The molecular weight excluding hydrogens is 448 g/mol. The van der Waals surface area contributed by atoms with E-state index in [2.05, 4.69) is 52.1 Å². The Bertz CT molecular complexity index is 1010. The first-order valence-electron chi connectivity index (χ1n) is 10.4. The standard InChI is InChI=1S/C22H27BrN4O3/c1-12-15-9-14(22(15,2)3)10-16(12)26-17-11-25-27(20(28)19(17)23)18(21(29)30)8-13-4-6-24-7-5-13/h4-7,11-12,14-16,18,26H,8-10H2,1-3H3,(H,29,30)/t12-,14+,15-,16-,18?/m1/s1. The first-order valence-corrected chi connectivity index (χ1v) is 11.1. The van der Waals surface area contributed by atoms with E-state index in [0.717, 1.165) is 16.7 Å². The molecule has 0 aromatic carbocycles. The highest BCUT2D eigenvalue weighted by Gasteiger charge is 2.56. The average Bonchev–Trinajstić information content (AvgIpc) is 2.71. The normalized spacial score (nSPS) is 27.7. The van der Waals surface area contributed by atoms with Crippen LogP contribution in [-0.2, 0) is 11.2 Å². The first-order chi connectivity index (χ1) is 14.2. The molecular formula is C22H27BrN4O3. The van der Waals surface area contributed by atoms with Crippen LogP contribution in [0.4, 0.5) is 5.69 Å². The van der Waals surface area contributed by atoms with Crippen LogP contribution < -0.4 is 10.9 Å². The zero-order chi connectivity index (χ0) is 21.6. The molecule has 7 nitrogen and oxygen atoms in total. The lowest BCUT2D eigenvalue weighted by atomic mass is 9.45. The molecule has 1 unspecified atom stereocenters. The van der Waals surface area contributed by atoms with E-state index in [-0.39, 0.29) is 12.5 Å². The molecule has 3 saturated carbocycles. The molecule has 0 amide bonds.